The number of hydrogen-bond donors (Lipinski definition) is 1. The fourth-order valence-corrected chi connectivity index (χ4v) is 2.04. The molecule has 0 radical (unpaired) electrons. The molecule has 1 saturated carbocycles. The van der Waals surface area contributed by atoms with Crippen LogP contribution in [-0.4, -0.2) is 22.0 Å². The van der Waals surface area contributed by atoms with Crippen LogP contribution >= 0.6 is 0 Å². The minimum atomic E-state index is -0.0759. The van der Waals surface area contributed by atoms with E-state index >= 15 is 0 Å². The van der Waals surface area contributed by atoms with E-state index in [1.54, 1.807) is 6.07 Å². The maximum absolute atomic E-state index is 12.3. The lowest BCUT2D eigenvalue weighted by Crippen LogP contribution is -2.32. The van der Waals surface area contributed by atoms with Gasteiger partial charge in [-0.1, -0.05) is 17.3 Å². The van der Waals surface area contributed by atoms with Crippen LogP contribution in [0.4, 0.5) is 5.69 Å². The molecular weight excluding hydrogens is 242 g/mol. The van der Waals surface area contributed by atoms with Crippen molar-refractivity contribution in [2.75, 3.05) is 5.73 Å². The monoisotopic (exact) mass is 257 g/mol. The Hall–Kier alpha value is -2.30. The van der Waals surface area contributed by atoms with Crippen LogP contribution in [0, 0.1) is 0 Å². The van der Waals surface area contributed by atoms with Gasteiger partial charge in [0.2, 0.25) is 0 Å². The highest BCUT2D eigenvalue weighted by Crippen LogP contribution is 2.29. The molecule has 0 aliphatic heterocycles. The molecule has 0 atom stereocenters. The second kappa shape index (κ2) is 4.76. The van der Waals surface area contributed by atoms with Gasteiger partial charge < -0.3 is 15.2 Å². The predicted octanol–water partition coefficient (Wildman–Crippen LogP) is 2.06. The molecule has 98 valence electrons. The molecule has 5 nitrogen and oxygen atoms in total. The van der Waals surface area contributed by atoms with Gasteiger partial charge in [0.05, 0.1) is 0 Å². The van der Waals surface area contributed by atoms with Crippen LogP contribution in [0.15, 0.2) is 41.1 Å². The van der Waals surface area contributed by atoms with Crippen molar-refractivity contribution in [1.82, 2.24) is 10.1 Å². The second-order valence-corrected chi connectivity index (χ2v) is 4.79. The summed E-state index contributed by atoms with van der Waals surface area (Å²) in [5.74, 6) is -0.0759. The van der Waals surface area contributed by atoms with Crippen LogP contribution in [0.2, 0.25) is 0 Å². The van der Waals surface area contributed by atoms with E-state index in [0.717, 1.165) is 24.1 Å². The normalized spacial score (nSPS) is 14.3. The number of nitrogen functional groups attached to an aromatic ring is 1. The molecular formula is C14H15N3O2. The van der Waals surface area contributed by atoms with E-state index in [-0.39, 0.29) is 5.91 Å². The molecule has 19 heavy (non-hydrogen) atoms. The molecule has 0 spiro atoms. The van der Waals surface area contributed by atoms with E-state index in [2.05, 4.69) is 5.16 Å². The lowest BCUT2D eigenvalue weighted by molar-refractivity contribution is 0.0719. The maximum atomic E-state index is 12.3. The molecule has 2 N–H and O–H groups in total. The SMILES string of the molecule is Nc1ccc(CN(C(=O)c2ccon2)C2CC2)cc1. The van der Waals surface area contributed by atoms with Gasteiger partial charge in [-0.25, -0.2) is 0 Å². The van der Waals surface area contributed by atoms with Crippen molar-refractivity contribution in [1.29, 1.82) is 0 Å². The zero-order valence-corrected chi connectivity index (χ0v) is 10.5. The quantitative estimate of drug-likeness (QED) is 0.851. The molecule has 1 aromatic carbocycles. The molecule has 1 aliphatic carbocycles. The Labute approximate surface area is 111 Å². The summed E-state index contributed by atoms with van der Waals surface area (Å²) < 4.78 is 4.74. The van der Waals surface area contributed by atoms with Gasteiger partial charge in [-0.05, 0) is 30.5 Å². The molecule has 1 amide bonds. The number of anilines is 1. The second-order valence-electron chi connectivity index (χ2n) is 4.79. The highest BCUT2D eigenvalue weighted by molar-refractivity contribution is 5.92. The molecule has 0 unspecified atom stereocenters. The summed E-state index contributed by atoms with van der Waals surface area (Å²) in [6.07, 6.45) is 3.53. The summed E-state index contributed by atoms with van der Waals surface area (Å²) in [6, 6.07) is 9.51. The smallest absolute Gasteiger partial charge is 0.276 e. The van der Waals surface area contributed by atoms with Crippen molar-refractivity contribution in [3.8, 4) is 0 Å². The fraction of sp³-hybridized carbons (Fsp3) is 0.286. The first-order valence-corrected chi connectivity index (χ1v) is 6.30. The first-order valence-electron chi connectivity index (χ1n) is 6.30. The molecule has 1 aromatic heterocycles. The number of benzene rings is 1. The molecule has 1 aliphatic rings. The number of amides is 1. The van der Waals surface area contributed by atoms with E-state index in [1.807, 2.05) is 29.2 Å². The third kappa shape index (κ3) is 2.59. The third-order valence-electron chi connectivity index (χ3n) is 3.24. The molecule has 2 aromatic rings. The van der Waals surface area contributed by atoms with Crippen LogP contribution in [-0.2, 0) is 6.54 Å². The van der Waals surface area contributed by atoms with Crippen LogP contribution in [0.5, 0.6) is 0 Å². The van der Waals surface area contributed by atoms with E-state index in [1.165, 1.54) is 6.26 Å². The number of carbonyl (C=O) groups is 1. The Morgan fingerprint density at radius 3 is 2.63 bits per heavy atom. The summed E-state index contributed by atoms with van der Waals surface area (Å²) >= 11 is 0. The van der Waals surface area contributed by atoms with Crippen molar-refractivity contribution < 1.29 is 9.32 Å². The molecule has 5 heteroatoms. The minimum Gasteiger partial charge on any atom is -0.399 e. The minimum absolute atomic E-state index is 0.0759. The number of hydrogen-bond acceptors (Lipinski definition) is 4. The number of rotatable bonds is 4. The van der Waals surface area contributed by atoms with Crippen LogP contribution in [0.3, 0.4) is 0 Å². The Kier molecular flexibility index (Phi) is 2.95. The van der Waals surface area contributed by atoms with E-state index in [9.17, 15) is 4.79 Å². The Balaban J connectivity index is 1.78. The first-order chi connectivity index (χ1) is 9.24. The topological polar surface area (TPSA) is 72.4 Å². The predicted molar refractivity (Wildman–Crippen MR) is 70.3 cm³/mol. The zero-order valence-electron chi connectivity index (χ0n) is 10.5. The van der Waals surface area contributed by atoms with Gasteiger partial charge in [-0.15, -0.1) is 0 Å². The van der Waals surface area contributed by atoms with Gasteiger partial charge in [0.15, 0.2) is 5.69 Å². The number of nitrogens with zero attached hydrogens (tertiary/aromatic N) is 2. The standard InChI is InChI=1S/C14H15N3O2/c15-11-3-1-10(2-4-11)9-17(12-5-6-12)14(18)13-7-8-19-16-13/h1-4,7-8,12H,5-6,9,15H2. The Bertz CT molecular complexity index is 559. The van der Waals surface area contributed by atoms with Gasteiger partial charge in [0.1, 0.15) is 6.26 Å². The molecule has 1 heterocycles. The van der Waals surface area contributed by atoms with Crippen LogP contribution in [0.1, 0.15) is 28.9 Å². The van der Waals surface area contributed by atoms with Crippen LogP contribution in [0.25, 0.3) is 0 Å². The van der Waals surface area contributed by atoms with E-state index in [0.29, 0.717) is 18.3 Å². The summed E-state index contributed by atoms with van der Waals surface area (Å²) in [5, 5.41) is 3.72. The molecule has 3 rings (SSSR count). The van der Waals surface area contributed by atoms with Gasteiger partial charge >= 0.3 is 0 Å². The molecule has 1 fully saturated rings. The highest BCUT2D eigenvalue weighted by Gasteiger charge is 2.33. The number of aromatic nitrogens is 1. The lowest BCUT2D eigenvalue weighted by atomic mass is 10.2. The zero-order chi connectivity index (χ0) is 13.2. The summed E-state index contributed by atoms with van der Waals surface area (Å²) in [7, 11) is 0. The fourth-order valence-electron chi connectivity index (χ4n) is 2.04. The molecule has 0 bridgehead atoms. The first kappa shape index (κ1) is 11.8. The summed E-state index contributed by atoms with van der Waals surface area (Å²) in [4.78, 5) is 14.2. The third-order valence-corrected chi connectivity index (χ3v) is 3.24. The van der Waals surface area contributed by atoms with Crippen molar-refractivity contribution in [3.05, 3.63) is 47.9 Å². The van der Waals surface area contributed by atoms with Gasteiger partial charge in [0, 0.05) is 24.3 Å². The van der Waals surface area contributed by atoms with Gasteiger partial charge in [-0.2, -0.15) is 0 Å². The lowest BCUT2D eigenvalue weighted by Gasteiger charge is -2.21. The van der Waals surface area contributed by atoms with Gasteiger partial charge in [-0.3, -0.25) is 4.79 Å². The maximum Gasteiger partial charge on any atom is 0.276 e. The van der Waals surface area contributed by atoms with Crippen molar-refractivity contribution in [2.24, 2.45) is 0 Å². The average molecular weight is 257 g/mol. The van der Waals surface area contributed by atoms with Crippen molar-refractivity contribution >= 4 is 11.6 Å². The summed E-state index contributed by atoms with van der Waals surface area (Å²) in [5.41, 5.74) is 7.82. The van der Waals surface area contributed by atoms with E-state index in [4.69, 9.17) is 10.3 Å². The highest BCUT2D eigenvalue weighted by atomic mass is 16.5. The van der Waals surface area contributed by atoms with Crippen molar-refractivity contribution in [3.63, 3.8) is 0 Å². The Morgan fingerprint density at radius 2 is 2.05 bits per heavy atom. The van der Waals surface area contributed by atoms with E-state index < -0.39 is 0 Å². The van der Waals surface area contributed by atoms with Crippen molar-refractivity contribution in [2.45, 2.75) is 25.4 Å². The molecule has 0 saturated heterocycles. The van der Waals surface area contributed by atoms with Crippen LogP contribution < -0.4 is 5.73 Å². The number of nitrogens with two attached hydrogens (primary N) is 1. The summed E-state index contributed by atoms with van der Waals surface area (Å²) in [6.45, 7) is 0.580. The Morgan fingerprint density at radius 1 is 1.32 bits per heavy atom. The average Bonchev–Trinajstić information content (AvgIpc) is 3.11. The largest absolute Gasteiger partial charge is 0.399 e. The van der Waals surface area contributed by atoms with Gasteiger partial charge in [0.25, 0.3) is 5.91 Å². The number of carbonyl (C=O) groups excluding carboxylic acids is 1.